The Labute approximate surface area is 110 Å². The molecule has 1 aromatic heterocycles. The molecule has 0 bridgehead atoms. The zero-order chi connectivity index (χ0) is 12.4. The van der Waals surface area contributed by atoms with E-state index in [1.54, 1.807) is 12.1 Å². The van der Waals surface area contributed by atoms with Crippen molar-refractivity contribution in [3.8, 4) is 11.4 Å². The first kappa shape index (κ1) is 12.3. The SMILES string of the molecule is CSc1nc(N)nc(-c2c(F)cccc2Br)n1. The average Bonchev–Trinajstić information content (AvgIpc) is 2.28. The monoisotopic (exact) mass is 314 g/mol. The maximum atomic E-state index is 13.7. The van der Waals surface area contributed by atoms with Crippen LogP contribution >= 0.6 is 27.7 Å². The van der Waals surface area contributed by atoms with Crippen molar-refractivity contribution >= 4 is 33.6 Å². The number of halogens is 2. The summed E-state index contributed by atoms with van der Waals surface area (Å²) in [6.45, 7) is 0. The maximum absolute atomic E-state index is 13.7. The van der Waals surface area contributed by atoms with E-state index in [0.717, 1.165) is 0 Å². The van der Waals surface area contributed by atoms with Crippen LogP contribution < -0.4 is 5.73 Å². The van der Waals surface area contributed by atoms with Gasteiger partial charge in [-0.2, -0.15) is 9.97 Å². The third-order valence-electron chi connectivity index (χ3n) is 2.00. The molecule has 0 saturated carbocycles. The van der Waals surface area contributed by atoms with Crippen LogP contribution in [0.2, 0.25) is 0 Å². The van der Waals surface area contributed by atoms with Gasteiger partial charge in [-0.05, 0) is 34.3 Å². The zero-order valence-electron chi connectivity index (χ0n) is 8.82. The minimum atomic E-state index is -0.406. The number of benzene rings is 1. The van der Waals surface area contributed by atoms with Crippen LogP contribution in [-0.4, -0.2) is 21.2 Å². The van der Waals surface area contributed by atoms with E-state index in [-0.39, 0.29) is 17.3 Å². The lowest BCUT2D eigenvalue weighted by atomic mass is 10.2. The van der Waals surface area contributed by atoms with Crippen LogP contribution in [0.4, 0.5) is 10.3 Å². The van der Waals surface area contributed by atoms with Crippen molar-refractivity contribution in [2.75, 3.05) is 12.0 Å². The summed E-state index contributed by atoms with van der Waals surface area (Å²) in [5.41, 5.74) is 5.85. The summed E-state index contributed by atoms with van der Waals surface area (Å²) in [6.07, 6.45) is 1.81. The third-order valence-corrected chi connectivity index (χ3v) is 3.21. The van der Waals surface area contributed by atoms with Crippen molar-refractivity contribution < 1.29 is 4.39 Å². The molecule has 88 valence electrons. The van der Waals surface area contributed by atoms with E-state index in [1.165, 1.54) is 17.8 Å². The van der Waals surface area contributed by atoms with E-state index in [0.29, 0.717) is 9.63 Å². The molecule has 0 unspecified atom stereocenters. The number of nitrogen functional groups attached to an aromatic ring is 1. The number of aromatic nitrogens is 3. The van der Waals surface area contributed by atoms with E-state index < -0.39 is 5.82 Å². The van der Waals surface area contributed by atoms with Crippen LogP contribution in [0.25, 0.3) is 11.4 Å². The van der Waals surface area contributed by atoms with Crippen molar-refractivity contribution in [1.29, 1.82) is 0 Å². The van der Waals surface area contributed by atoms with E-state index in [1.807, 2.05) is 6.26 Å². The fourth-order valence-corrected chi connectivity index (χ4v) is 2.17. The fourth-order valence-electron chi connectivity index (χ4n) is 1.29. The average molecular weight is 315 g/mol. The molecule has 2 N–H and O–H groups in total. The molecule has 2 aromatic rings. The lowest BCUT2D eigenvalue weighted by Crippen LogP contribution is -2.02. The van der Waals surface area contributed by atoms with E-state index in [9.17, 15) is 4.39 Å². The standard InChI is InChI=1S/C10H8BrFN4S/c1-17-10-15-8(14-9(13)16-10)7-5(11)3-2-4-6(7)12/h2-4H,1H3,(H2,13,14,15,16). The molecule has 0 aliphatic heterocycles. The quantitative estimate of drug-likeness (QED) is 0.863. The molecule has 2 rings (SSSR count). The van der Waals surface area contributed by atoms with Crippen LogP contribution in [0.5, 0.6) is 0 Å². The van der Waals surface area contributed by atoms with Crippen LogP contribution in [0.3, 0.4) is 0 Å². The summed E-state index contributed by atoms with van der Waals surface area (Å²) >= 11 is 4.59. The highest BCUT2D eigenvalue weighted by molar-refractivity contribution is 9.10. The Bertz CT molecular complexity index is 544. The Balaban J connectivity index is 2.64. The molecule has 1 heterocycles. The molecule has 0 fully saturated rings. The third kappa shape index (κ3) is 2.55. The molecule has 4 nitrogen and oxygen atoms in total. The Morgan fingerprint density at radius 3 is 2.71 bits per heavy atom. The van der Waals surface area contributed by atoms with Crippen molar-refractivity contribution in [2.45, 2.75) is 5.16 Å². The Morgan fingerprint density at radius 2 is 2.06 bits per heavy atom. The number of anilines is 1. The van der Waals surface area contributed by atoms with Gasteiger partial charge >= 0.3 is 0 Å². The number of hydrogen-bond donors (Lipinski definition) is 1. The summed E-state index contributed by atoms with van der Waals surface area (Å²) in [5, 5.41) is 0.461. The highest BCUT2D eigenvalue weighted by atomic mass is 79.9. The number of rotatable bonds is 2. The summed E-state index contributed by atoms with van der Waals surface area (Å²) in [7, 11) is 0. The van der Waals surface area contributed by atoms with Crippen molar-refractivity contribution in [3.05, 3.63) is 28.5 Å². The minimum Gasteiger partial charge on any atom is -0.368 e. The molecule has 1 aromatic carbocycles. The normalized spacial score (nSPS) is 10.5. The van der Waals surface area contributed by atoms with E-state index >= 15 is 0 Å². The lowest BCUT2D eigenvalue weighted by Gasteiger charge is -2.06. The molecular weight excluding hydrogens is 307 g/mol. The predicted octanol–water partition coefficient (Wildman–Crippen LogP) is 2.74. The lowest BCUT2D eigenvalue weighted by molar-refractivity contribution is 0.628. The second-order valence-electron chi connectivity index (χ2n) is 3.10. The molecule has 0 atom stereocenters. The predicted molar refractivity (Wildman–Crippen MR) is 69.1 cm³/mol. The van der Waals surface area contributed by atoms with Gasteiger partial charge in [0.1, 0.15) is 5.82 Å². The molecule has 17 heavy (non-hydrogen) atoms. The second kappa shape index (κ2) is 4.97. The van der Waals surface area contributed by atoms with Gasteiger partial charge in [-0.3, -0.25) is 0 Å². The summed E-state index contributed by atoms with van der Waals surface area (Å²) in [6, 6.07) is 4.67. The van der Waals surface area contributed by atoms with E-state index in [2.05, 4.69) is 30.9 Å². The van der Waals surface area contributed by atoms with Crippen LogP contribution in [-0.2, 0) is 0 Å². The Morgan fingerprint density at radius 1 is 1.29 bits per heavy atom. The van der Waals surface area contributed by atoms with Crippen molar-refractivity contribution in [3.63, 3.8) is 0 Å². The molecule has 0 spiro atoms. The van der Waals surface area contributed by atoms with Crippen LogP contribution in [0.1, 0.15) is 0 Å². The topological polar surface area (TPSA) is 64.7 Å². The minimum absolute atomic E-state index is 0.0782. The number of nitrogens with zero attached hydrogens (tertiary/aromatic N) is 3. The van der Waals surface area contributed by atoms with Crippen molar-refractivity contribution in [1.82, 2.24) is 15.0 Å². The van der Waals surface area contributed by atoms with Gasteiger partial charge in [-0.15, -0.1) is 0 Å². The molecule has 0 saturated heterocycles. The van der Waals surface area contributed by atoms with Crippen LogP contribution in [0, 0.1) is 5.82 Å². The van der Waals surface area contributed by atoms with Crippen LogP contribution in [0.15, 0.2) is 27.8 Å². The molecule has 0 aliphatic carbocycles. The first-order valence-corrected chi connectivity index (χ1v) is 6.63. The Hall–Kier alpha value is -1.21. The maximum Gasteiger partial charge on any atom is 0.224 e. The summed E-state index contributed by atoms with van der Waals surface area (Å²) < 4.78 is 14.3. The van der Waals surface area contributed by atoms with Gasteiger partial charge in [-0.25, -0.2) is 9.37 Å². The molecule has 0 aliphatic rings. The fraction of sp³-hybridized carbons (Fsp3) is 0.100. The first-order chi connectivity index (χ1) is 8.11. The van der Waals surface area contributed by atoms with Gasteiger partial charge in [0.15, 0.2) is 11.0 Å². The van der Waals surface area contributed by atoms with Gasteiger partial charge in [0, 0.05) is 4.47 Å². The Kier molecular flexibility index (Phi) is 3.58. The molecular formula is C10H8BrFN4S. The molecule has 0 radical (unpaired) electrons. The highest BCUT2D eigenvalue weighted by Crippen LogP contribution is 2.29. The number of nitrogens with two attached hydrogens (primary N) is 1. The van der Waals surface area contributed by atoms with Gasteiger partial charge in [0.05, 0.1) is 5.56 Å². The van der Waals surface area contributed by atoms with Gasteiger partial charge in [0.25, 0.3) is 0 Å². The second-order valence-corrected chi connectivity index (χ2v) is 4.73. The zero-order valence-corrected chi connectivity index (χ0v) is 11.2. The highest BCUT2D eigenvalue weighted by Gasteiger charge is 2.14. The largest absolute Gasteiger partial charge is 0.368 e. The van der Waals surface area contributed by atoms with Gasteiger partial charge in [0.2, 0.25) is 5.95 Å². The first-order valence-electron chi connectivity index (χ1n) is 4.61. The van der Waals surface area contributed by atoms with E-state index in [4.69, 9.17) is 5.73 Å². The van der Waals surface area contributed by atoms with Gasteiger partial charge in [-0.1, -0.05) is 17.8 Å². The summed E-state index contributed by atoms with van der Waals surface area (Å²) in [4.78, 5) is 12.0. The summed E-state index contributed by atoms with van der Waals surface area (Å²) in [5.74, 6) is -0.0987. The molecule has 7 heteroatoms. The van der Waals surface area contributed by atoms with Gasteiger partial charge < -0.3 is 5.73 Å². The number of thioether (sulfide) groups is 1. The smallest absolute Gasteiger partial charge is 0.224 e. The number of hydrogen-bond acceptors (Lipinski definition) is 5. The molecule has 0 amide bonds. The van der Waals surface area contributed by atoms with Crippen molar-refractivity contribution in [2.24, 2.45) is 0 Å².